The van der Waals surface area contributed by atoms with Gasteiger partial charge in [-0.05, 0) is 6.92 Å². The highest BCUT2D eigenvalue weighted by Crippen LogP contribution is 2.02. The molecule has 0 N–H and O–H groups in total. The number of ether oxygens (including phenoxy) is 2. The number of amidine groups is 1. The molecule has 1 rings (SSSR count). The third kappa shape index (κ3) is 3.87. The van der Waals surface area contributed by atoms with E-state index >= 15 is 0 Å². The first kappa shape index (κ1) is 12.0. The molecule has 0 radical (unpaired) electrons. The summed E-state index contributed by atoms with van der Waals surface area (Å²) in [6, 6.07) is 0. The SMILES string of the molecule is CCOC(=O)/N=C(/CC)N1CCOCC1. The molecule has 0 saturated carbocycles. The molecule has 1 aliphatic rings. The third-order valence-corrected chi connectivity index (χ3v) is 2.18. The van der Waals surface area contributed by atoms with Gasteiger partial charge in [-0.1, -0.05) is 6.92 Å². The summed E-state index contributed by atoms with van der Waals surface area (Å²) in [5.41, 5.74) is 0. The zero-order valence-corrected chi connectivity index (χ0v) is 9.36. The van der Waals surface area contributed by atoms with Crippen LogP contribution in [0.2, 0.25) is 0 Å². The van der Waals surface area contributed by atoms with Crippen LogP contribution in [-0.4, -0.2) is 49.7 Å². The summed E-state index contributed by atoms with van der Waals surface area (Å²) >= 11 is 0. The zero-order valence-electron chi connectivity index (χ0n) is 9.36. The first-order chi connectivity index (χ1) is 7.27. The standard InChI is InChI=1S/C10H18N2O3/c1-3-9(11-10(13)15-4-2)12-5-7-14-8-6-12/h3-8H2,1-2H3/b11-9-. The van der Waals surface area contributed by atoms with Crippen LogP contribution >= 0.6 is 0 Å². The monoisotopic (exact) mass is 214 g/mol. The lowest BCUT2D eigenvalue weighted by Crippen LogP contribution is -2.40. The number of hydrogen-bond donors (Lipinski definition) is 0. The van der Waals surface area contributed by atoms with Crippen molar-refractivity contribution >= 4 is 11.9 Å². The molecular weight excluding hydrogens is 196 g/mol. The Bertz CT molecular complexity index is 235. The molecule has 0 atom stereocenters. The number of carbonyl (C=O) groups excluding carboxylic acids is 1. The van der Waals surface area contributed by atoms with Gasteiger partial charge >= 0.3 is 6.09 Å². The summed E-state index contributed by atoms with van der Waals surface area (Å²) in [7, 11) is 0. The molecule has 86 valence electrons. The fourth-order valence-electron chi connectivity index (χ4n) is 1.46. The predicted molar refractivity (Wildman–Crippen MR) is 57.1 cm³/mol. The number of nitrogens with zero attached hydrogens (tertiary/aromatic N) is 2. The van der Waals surface area contributed by atoms with Crippen LogP contribution in [0.15, 0.2) is 4.99 Å². The minimum absolute atomic E-state index is 0.364. The molecule has 0 aliphatic carbocycles. The molecule has 15 heavy (non-hydrogen) atoms. The van der Waals surface area contributed by atoms with Crippen molar-refractivity contribution in [2.75, 3.05) is 32.9 Å². The van der Waals surface area contributed by atoms with E-state index < -0.39 is 6.09 Å². The van der Waals surface area contributed by atoms with Gasteiger partial charge in [-0.3, -0.25) is 0 Å². The Labute approximate surface area is 90.1 Å². The van der Waals surface area contributed by atoms with Gasteiger partial charge in [0.1, 0.15) is 5.84 Å². The summed E-state index contributed by atoms with van der Waals surface area (Å²) in [5.74, 6) is 0.789. The Balaban J connectivity index is 2.55. The van der Waals surface area contributed by atoms with Crippen LogP contribution in [0, 0.1) is 0 Å². The molecular formula is C10H18N2O3. The molecule has 1 saturated heterocycles. The van der Waals surface area contributed by atoms with E-state index in [1.165, 1.54) is 0 Å². The highest BCUT2D eigenvalue weighted by molar-refractivity contribution is 5.91. The number of morpholine rings is 1. The van der Waals surface area contributed by atoms with Crippen LogP contribution in [0.3, 0.4) is 0 Å². The molecule has 5 nitrogen and oxygen atoms in total. The van der Waals surface area contributed by atoms with Crippen molar-refractivity contribution in [1.29, 1.82) is 0 Å². The van der Waals surface area contributed by atoms with Crippen LogP contribution in [0.5, 0.6) is 0 Å². The van der Waals surface area contributed by atoms with Gasteiger partial charge in [0, 0.05) is 19.5 Å². The molecule has 0 spiro atoms. The minimum atomic E-state index is -0.499. The lowest BCUT2D eigenvalue weighted by atomic mass is 10.3. The second-order valence-electron chi connectivity index (χ2n) is 3.18. The largest absolute Gasteiger partial charge is 0.448 e. The van der Waals surface area contributed by atoms with E-state index in [9.17, 15) is 4.79 Å². The average Bonchev–Trinajstić information content (AvgIpc) is 2.27. The Morgan fingerprint density at radius 3 is 2.60 bits per heavy atom. The van der Waals surface area contributed by atoms with Gasteiger partial charge in [0.2, 0.25) is 0 Å². The first-order valence-electron chi connectivity index (χ1n) is 5.35. The van der Waals surface area contributed by atoms with Gasteiger partial charge in [0.05, 0.1) is 19.8 Å². The summed E-state index contributed by atoms with van der Waals surface area (Å²) in [6.45, 7) is 7.10. The molecule has 0 bridgehead atoms. The highest BCUT2D eigenvalue weighted by Gasteiger charge is 2.14. The van der Waals surface area contributed by atoms with Crippen molar-refractivity contribution in [2.45, 2.75) is 20.3 Å². The van der Waals surface area contributed by atoms with E-state index in [0.717, 1.165) is 25.3 Å². The molecule has 1 heterocycles. The minimum Gasteiger partial charge on any atom is -0.448 e. The Morgan fingerprint density at radius 2 is 2.07 bits per heavy atom. The van der Waals surface area contributed by atoms with Crippen LogP contribution in [0.4, 0.5) is 4.79 Å². The topological polar surface area (TPSA) is 51.1 Å². The van der Waals surface area contributed by atoms with E-state index in [1.807, 2.05) is 6.92 Å². The molecule has 1 aliphatic heterocycles. The molecule has 1 fully saturated rings. The van der Waals surface area contributed by atoms with E-state index in [-0.39, 0.29) is 0 Å². The van der Waals surface area contributed by atoms with Gasteiger partial charge in [-0.2, -0.15) is 4.99 Å². The predicted octanol–water partition coefficient (Wildman–Crippen LogP) is 1.28. The number of aliphatic imine (C=N–C) groups is 1. The Kier molecular flexibility index (Phi) is 5.10. The maximum Gasteiger partial charge on any atom is 0.435 e. The number of carbonyl (C=O) groups is 1. The smallest absolute Gasteiger partial charge is 0.435 e. The van der Waals surface area contributed by atoms with E-state index in [2.05, 4.69) is 9.89 Å². The van der Waals surface area contributed by atoms with Gasteiger partial charge < -0.3 is 14.4 Å². The van der Waals surface area contributed by atoms with Gasteiger partial charge in [-0.25, -0.2) is 4.79 Å². The van der Waals surface area contributed by atoms with Crippen molar-refractivity contribution in [3.63, 3.8) is 0 Å². The third-order valence-electron chi connectivity index (χ3n) is 2.18. The molecule has 0 aromatic carbocycles. The second-order valence-corrected chi connectivity index (χ2v) is 3.18. The van der Waals surface area contributed by atoms with Crippen molar-refractivity contribution in [2.24, 2.45) is 4.99 Å². The Morgan fingerprint density at radius 1 is 1.40 bits per heavy atom. The quantitative estimate of drug-likeness (QED) is 0.513. The van der Waals surface area contributed by atoms with Gasteiger partial charge in [0.15, 0.2) is 0 Å². The molecule has 1 amide bonds. The van der Waals surface area contributed by atoms with Crippen molar-refractivity contribution in [3.05, 3.63) is 0 Å². The average molecular weight is 214 g/mol. The highest BCUT2D eigenvalue weighted by atomic mass is 16.5. The summed E-state index contributed by atoms with van der Waals surface area (Å²) in [4.78, 5) is 17.2. The van der Waals surface area contributed by atoms with Crippen LogP contribution < -0.4 is 0 Å². The van der Waals surface area contributed by atoms with Crippen molar-refractivity contribution in [3.8, 4) is 0 Å². The van der Waals surface area contributed by atoms with Gasteiger partial charge in [0.25, 0.3) is 0 Å². The van der Waals surface area contributed by atoms with Gasteiger partial charge in [-0.15, -0.1) is 0 Å². The first-order valence-corrected chi connectivity index (χ1v) is 5.35. The number of amides is 1. The fraction of sp³-hybridized carbons (Fsp3) is 0.800. The maximum absolute atomic E-state index is 11.2. The van der Waals surface area contributed by atoms with E-state index in [1.54, 1.807) is 6.92 Å². The molecule has 0 aromatic rings. The molecule has 0 unspecified atom stereocenters. The number of rotatable bonds is 2. The summed E-state index contributed by atoms with van der Waals surface area (Å²) in [5, 5.41) is 0. The second kappa shape index (κ2) is 6.40. The summed E-state index contributed by atoms with van der Waals surface area (Å²) < 4.78 is 10.0. The zero-order chi connectivity index (χ0) is 11.1. The van der Waals surface area contributed by atoms with Crippen molar-refractivity contribution < 1.29 is 14.3 Å². The van der Waals surface area contributed by atoms with Crippen LogP contribution in [-0.2, 0) is 9.47 Å². The maximum atomic E-state index is 11.2. The fourth-order valence-corrected chi connectivity index (χ4v) is 1.46. The summed E-state index contributed by atoms with van der Waals surface area (Å²) in [6.07, 6.45) is 0.236. The molecule has 5 heteroatoms. The lowest BCUT2D eigenvalue weighted by Gasteiger charge is -2.29. The van der Waals surface area contributed by atoms with Crippen LogP contribution in [0.25, 0.3) is 0 Å². The normalized spacial score (nSPS) is 17.7. The van der Waals surface area contributed by atoms with Crippen LogP contribution in [0.1, 0.15) is 20.3 Å². The van der Waals surface area contributed by atoms with E-state index in [0.29, 0.717) is 19.8 Å². The van der Waals surface area contributed by atoms with E-state index in [4.69, 9.17) is 9.47 Å². The molecule has 0 aromatic heterocycles. The lowest BCUT2D eigenvalue weighted by molar-refractivity contribution is 0.0670. The Hall–Kier alpha value is -1.10. The van der Waals surface area contributed by atoms with Crippen molar-refractivity contribution in [1.82, 2.24) is 4.90 Å². The number of hydrogen-bond acceptors (Lipinski definition) is 3.